The normalized spacial score (nSPS) is 10.9. The van der Waals surface area contributed by atoms with Crippen LogP contribution in [0, 0.1) is 0 Å². The first-order valence-electron chi connectivity index (χ1n) is 9.66. The van der Waals surface area contributed by atoms with Gasteiger partial charge in [-0.05, 0) is 32.0 Å². The average molecular weight is 439 g/mol. The Hall–Kier alpha value is -3.72. The Labute approximate surface area is 182 Å². The molecule has 0 spiro atoms. The maximum Gasteiger partial charge on any atom is 0.343 e. The molecule has 0 radical (unpaired) electrons. The summed E-state index contributed by atoms with van der Waals surface area (Å²) in [6.07, 6.45) is 4.48. The van der Waals surface area contributed by atoms with Crippen LogP contribution in [0.15, 0.2) is 48.9 Å². The molecule has 1 N–H and O–H groups in total. The maximum atomic E-state index is 12.7. The summed E-state index contributed by atoms with van der Waals surface area (Å²) in [7, 11) is 0. The number of anilines is 1. The third-order valence-corrected chi connectivity index (χ3v) is 4.90. The fourth-order valence-corrected chi connectivity index (χ4v) is 3.46. The van der Waals surface area contributed by atoms with Gasteiger partial charge in [-0.1, -0.05) is 23.7 Å². The third-order valence-electron chi connectivity index (χ3n) is 4.62. The van der Waals surface area contributed by atoms with Crippen LogP contribution < -0.4 is 5.32 Å². The van der Waals surface area contributed by atoms with Crippen molar-refractivity contribution in [3.8, 4) is 11.3 Å². The summed E-state index contributed by atoms with van der Waals surface area (Å²) < 4.78 is 8.17. The molecule has 1 amide bonds. The first-order chi connectivity index (χ1) is 15.0. The summed E-state index contributed by atoms with van der Waals surface area (Å²) >= 11 is 6.13. The molecule has 0 bridgehead atoms. The molecule has 158 valence electrons. The van der Waals surface area contributed by atoms with Crippen LogP contribution in [0.2, 0.25) is 5.02 Å². The fourth-order valence-electron chi connectivity index (χ4n) is 3.24. The Morgan fingerprint density at radius 1 is 1.16 bits per heavy atom. The van der Waals surface area contributed by atoms with Gasteiger partial charge in [0.15, 0.2) is 5.65 Å². The van der Waals surface area contributed by atoms with E-state index in [1.165, 1.54) is 17.1 Å². The van der Waals surface area contributed by atoms with Gasteiger partial charge in [0.25, 0.3) is 5.91 Å². The molecule has 0 saturated carbocycles. The van der Waals surface area contributed by atoms with Crippen molar-refractivity contribution < 1.29 is 14.3 Å². The zero-order valence-electron chi connectivity index (χ0n) is 16.9. The number of nitrogens with zero attached hydrogens (tertiary/aromatic N) is 5. The van der Waals surface area contributed by atoms with E-state index in [1.54, 1.807) is 35.8 Å². The summed E-state index contributed by atoms with van der Waals surface area (Å²) in [5.41, 5.74) is 3.03. The lowest BCUT2D eigenvalue weighted by Crippen LogP contribution is -2.17. The van der Waals surface area contributed by atoms with Crippen molar-refractivity contribution in [2.45, 2.75) is 20.4 Å². The van der Waals surface area contributed by atoms with E-state index in [-0.39, 0.29) is 23.1 Å². The molecule has 0 saturated heterocycles. The molecule has 1 aromatic carbocycles. The molecule has 4 rings (SSSR count). The van der Waals surface area contributed by atoms with Gasteiger partial charge in [-0.2, -0.15) is 10.2 Å². The van der Waals surface area contributed by atoms with E-state index < -0.39 is 5.97 Å². The SMILES string of the molecule is CCOC(=O)c1cnn2c(-c3cccc(NC(=O)c4c(Cl)cnn4CC)c3)ccnc12. The molecule has 4 aromatic rings. The highest BCUT2D eigenvalue weighted by atomic mass is 35.5. The smallest absolute Gasteiger partial charge is 0.343 e. The minimum absolute atomic E-state index is 0.262. The number of rotatable bonds is 6. The van der Waals surface area contributed by atoms with Crippen LogP contribution >= 0.6 is 11.6 Å². The zero-order chi connectivity index (χ0) is 22.0. The summed E-state index contributed by atoms with van der Waals surface area (Å²) in [6.45, 7) is 4.40. The van der Waals surface area contributed by atoms with Crippen LogP contribution in [0.3, 0.4) is 0 Å². The number of hydrogen-bond donors (Lipinski definition) is 1. The number of esters is 1. The number of benzene rings is 1. The van der Waals surface area contributed by atoms with Gasteiger partial charge in [0.05, 0.1) is 29.7 Å². The fraction of sp³-hybridized carbons (Fsp3) is 0.190. The minimum Gasteiger partial charge on any atom is -0.462 e. The van der Waals surface area contributed by atoms with Gasteiger partial charge in [0.2, 0.25) is 0 Å². The molecule has 0 atom stereocenters. The van der Waals surface area contributed by atoms with Crippen molar-refractivity contribution >= 4 is 34.8 Å². The predicted octanol–water partition coefficient (Wildman–Crippen LogP) is 3.70. The second-order valence-corrected chi connectivity index (χ2v) is 6.94. The van der Waals surface area contributed by atoms with Crippen molar-refractivity contribution in [1.82, 2.24) is 24.4 Å². The number of ether oxygens (including phenoxy) is 1. The number of aromatic nitrogens is 5. The van der Waals surface area contributed by atoms with Crippen LogP contribution in [0.4, 0.5) is 5.69 Å². The number of carbonyl (C=O) groups is 2. The molecule has 0 unspecified atom stereocenters. The average Bonchev–Trinajstić information content (AvgIpc) is 3.37. The molecule has 0 fully saturated rings. The van der Waals surface area contributed by atoms with Gasteiger partial charge < -0.3 is 10.1 Å². The van der Waals surface area contributed by atoms with Crippen molar-refractivity contribution in [3.05, 3.63) is 65.2 Å². The molecule has 9 nitrogen and oxygen atoms in total. The van der Waals surface area contributed by atoms with E-state index in [1.807, 2.05) is 19.1 Å². The van der Waals surface area contributed by atoms with E-state index in [0.717, 1.165) is 5.56 Å². The van der Waals surface area contributed by atoms with Crippen LogP contribution in [0.1, 0.15) is 34.7 Å². The van der Waals surface area contributed by atoms with Crippen molar-refractivity contribution in [2.24, 2.45) is 0 Å². The van der Waals surface area contributed by atoms with Crippen molar-refractivity contribution in [3.63, 3.8) is 0 Å². The standard InChI is InChI=1S/C21H19ClN6O3/c1-3-27-18(16(22)12-24-27)20(29)26-14-7-5-6-13(10-14)17-8-9-23-19-15(11-25-28(17)19)21(30)31-4-2/h5-12H,3-4H2,1-2H3,(H,26,29). The van der Waals surface area contributed by atoms with Gasteiger partial charge in [0.1, 0.15) is 11.3 Å². The highest BCUT2D eigenvalue weighted by molar-refractivity contribution is 6.34. The quantitative estimate of drug-likeness (QED) is 0.460. The number of hydrogen-bond acceptors (Lipinski definition) is 6. The topological polar surface area (TPSA) is 103 Å². The number of amides is 1. The third kappa shape index (κ3) is 3.87. The van der Waals surface area contributed by atoms with Gasteiger partial charge in [0, 0.05) is 24.0 Å². The Morgan fingerprint density at radius 2 is 2.00 bits per heavy atom. The van der Waals surface area contributed by atoms with Gasteiger partial charge in [-0.25, -0.2) is 14.3 Å². The summed E-state index contributed by atoms with van der Waals surface area (Å²) in [5, 5.41) is 11.5. The first kappa shape index (κ1) is 20.5. The lowest BCUT2D eigenvalue weighted by atomic mass is 10.1. The highest BCUT2D eigenvalue weighted by Gasteiger charge is 2.19. The van der Waals surface area contributed by atoms with Crippen LogP contribution in [0.25, 0.3) is 16.9 Å². The van der Waals surface area contributed by atoms with E-state index >= 15 is 0 Å². The van der Waals surface area contributed by atoms with Crippen molar-refractivity contribution in [2.75, 3.05) is 11.9 Å². The van der Waals surface area contributed by atoms with Crippen LogP contribution in [-0.4, -0.2) is 42.9 Å². The molecule has 31 heavy (non-hydrogen) atoms. The van der Waals surface area contributed by atoms with Crippen molar-refractivity contribution in [1.29, 1.82) is 0 Å². The molecule has 0 aliphatic heterocycles. The molecule has 10 heteroatoms. The molecule has 0 aliphatic rings. The molecule has 3 aromatic heterocycles. The number of aryl methyl sites for hydroxylation is 1. The monoisotopic (exact) mass is 438 g/mol. The first-order valence-corrected chi connectivity index (χ1v) is 10.0. The zero-order valence-corrected chi connectivity index (χ0v) is 17.6. The number of nitrogens with one attached hydrogen (secondary N) is 1. The summed E-state index contributed by atoms with van der Waals surface area (Å²) in [6, 6.07) is 9.04. The van der Waals surface area contributed by atoms with E-state index in [4.69, 9.17) is 16.3 Å². The van der Waals surface area contributed by atoms with Gasteiger partial charge in [-0.3, -0.25) is 9.48 Å². The second kappa shape index (κ2) is 8.57. The molecular weight excluding hydrogens is 420 g/mol. The summed E-state index contributed by atoms with van der Waals surface area (Å²) in [4.78, 5) is 29.2. The highest BCUT2D eigenvalue weighted by Crippen LogP contribution is 2.25. The molecule has 3 heterocycles. The Balaban J connectivity index is 1.67. The Bertz CT molecular complexity index is 1280. The maximum absolute atomic E-state index is 12.7. The summed E-state index contributed by atoms with van der Waals surface area (Å²) in [5.74, 6) is -0.836. The largest absolute Gasteiger partial charge is 0.462 e. The van der Waals surface area contributed by atoms with E-state index in [2.05, 4.69) is 20.5 Å². The Kier molecular flexibility index (Phi) is 5.68. The van der Waals surface area contributed by atoms with Crippen LogP contribution in [0.5, 0.6) is 0 Å². The predicted molar refractivity (Wildman–Crippen MR) is 115 cm³/mol. The van der Waals surface area contributed by atoms with E-state index in [9.17, 15) is 9.59 Å². The molecule has 0 aliphatic carbocycles. The number of fused-ring (bicyclic) bond motifs is 1. The Morgan fingerprint density at radius 3 is 2.77 bits per heavy atom. The van der Waals surface area contributed by atoms with Crippen LogP contribution in [-0.2, 0) is 11.3 Å². The lowest BCUT2D eigenvalue weighted by molar-refractivity contribution is 0.0528. The second-order valence-electron chi connectivity index (χ2n) is 6.54. The number of halogens is 1. The minimum atomic E-state index is -0.479. The van der Waals surface area contributed by atoms with Gasteiger partial charge >= 0.3 is 5.97 Å². The van der Waals surface area contributed by atoms with E-state index in [0.29, 0.717) is 29.3 Å². The molecular formula is C21H19ClN6O3. The number of carbonyl (C=O) groups excluding carboxylic acids is 2. The van der Waals surface area contributed by atoms with Gasteiger partial charge in [-0.15, -0.1) is 0 Å². The lowest BCUT2D eigenvalue weighted by Gasteiger charge is -2.10.